The molecule has 0 unspecified atom stereocenters. The third kappa shape index (κ3) is 4.64. The summed E-state index contributed by atoms with van der Waals surface area (Å²) >= 11 is 3.13. The van der Waals surface area contributed by atoms with Crippen LogP contribution >= 0.6 is 22.7 Å². The molecule has 0 radical (unpaired) electrons. The Balaban J connectivity index is 1.02. The van der Waals surface area contributed by atoms with Gasteiger partial charge in [-0.25, -0.2) is 4.39 Å². The van der Waals surface area contributed by atoms with Gasteiger partial charge in [-0.3, -0.25) is 4.90 Å². The van der Waals surface area contributed by atoms with Gasteiger partial charge in [0.15, 0.2) is 10.6 Å². The van der Waals surface area contributed by atoms with Gasteiger partial charge in [-0.15, -0.1) is 22.7 Å². The number of piperazine rings is 1. The van der Waals surface area contributed by atoms with Crippen molar-refractivity contribution in [2.45, 2.75) is 6.10 Å². The highest BCUT2D eigenvalue weighted by atomic mass is 32.1. The van der Waals surface area contributed by atoms with Gasteiger partial charge in [0.2, 0.25) is 0 Å². The zero-order valence-electron chi connectivity index (χ0n) is 18.9. The number of anilines is 1. The molecule has 4 heterocycles. The molecule has 1 fully saturated rings. The number of rotatable bonds is 7. The van der Waals surface area contributed by atoms with Crippen LogP contribution in [0.5, 0.6) is 5.75 Å². The molecule has 1 N–H and O–H groups in total. The molecule has 1 saturated heterocycles. The predicted octanol–water partition coefficient (Wildman–Crippen LogP) is 5.47. The minimum absolute atomic E-state index is 0.198. The molecule has 180 valence electrons. The van der Waals surface area contributed by atoms with E-state index in [1.807, 2.05) is 41.8 Å². The first-order valence-electron chi connectivity index (χ1n) is 11.5. The number of aromatic nitrogens is 1. The van der Waals surface area contributed by atoms with Gasteiger partial charge in [-0.05, 0) is 41.8 Å². The molecule has 9 heteroatoms. The van der Waals surface area contributed by atoms with Crippen LogP contribution in [0.3, 0.4) is 0 Å². The SMILES string of the molecule is O[C@@H](COc1cccc(-c2onc3sccc23)c1)CN1CCN(c2csc3cc(F)ccc23)CC1. The molecule has 0 bridgehead atoms. The van der Waals surface area contributed by atoms with Gasteiger partial charge in [-0.2, -0.15) is 0 Å². The van der Waals surface area contributed by atoms with E-state index in [1.54, 1.807) is 28.7 Å². The number of ether oxygens (including phenoxy) is 1. The molecular weight excluding hydrogens is 485 g/mol. The van der Waals surface area contributed by atoms with Gasteiger partial charge >= 0.3 is 0 Å². The van der Waals surface area contributed by atoms with Crippen molar-refractivity contribution < 1.29 is 18.8 Å². The summed E-state index contributed by atoms with van der Waals surface area (Å²) in [5.74, 6) is 1.22. The number of benzene rings is 2. The lowest BCUT2D eigenvalue weighted by atomic mass is 10.1. The number of aliphatic hydroxyl groups is 1. The smallest absolute Gasteiger partial charge is 0.175 e. The van der Waals surface area contributed by atoms with Crippen molar-refractivity contribution in [2.24, 2.45) is 0 Å². The van der Waals surface area contributed by atoms with Crippen molar-refractivity contribution >= 4 is 48.7 Å². The molecule has 1 aliphatic heterocycles. The Labute approximate surface area is 209 Å². The van der Waals surface area contributed by atoms with E-state index in [1.165, 1.54) is 11.8 Å². The molecule has 0 saturated carbocycles. The van der Waals surface area contributed by atoms with Crippen LogP contribution in [0.15, 0.2) is 63.8 Å². The number of aliphatic hydroxyl groups excluding tert-OH is 1. The zero-order chi connectivity index (χ0) is 23.8. The van der Waals surface area contributed by atoms with E-state index in [4.69, 9.17) is 9.26 Å². The van der Waals surface area contributed by atoms with E-state index in [9.17, 15) is 9.50 Å². The predicted molar refractivity (Wildman–Crippen MR) is 139 cm³/mol. The number of hydrogen-bond donors (Lipinski definition) is 1. The summed E-state index contributed by atoms with van der Waals surface area (Å²) in [6.07, 6.45) is -0.594. The van der Waals surface area contributed by atoms with Crippen LogP contribution in [-0.2, 0) is 0 Å². The van der Waals surface area contributed by atoms with E-state index >= 15 is 0 Å². The van der Waals surface area contributed by atoms with Crippen molar-refractivity contribution in [1.82, 2.24) is 10.1 Å². The minimum Gasteiger partial charge on any atom is -0.491 e. The lowest BCUT2D eigenvalue weighted by Crippen LogP contribution is -2.49. The summed E-state index contributed by atoms with van der Waals surface area (Å²) in [7, 11) is 0. The van der Waals surface area contributed by atoms with Crippen LogP contribution in [-0.4, -0.2) is 60.6 Å². The molecule has 6 nitrogen and oxygen atoms in total. The van der Waals surface area contributed by atoms with Crippen molar-refractivity contribution in [3.8, 4) is 17.1 Å². The van der Waals surface area contributed by atoms with E-state index in [0.717, 1.165) is 57.8 Å². The molecule has 1 atom stereocenters. The van der Waals surface area contributed by atoms with Crippen molar-refractivity contribution in [2.75, 3.05) is 44.2 Å². The number of halogens is 1. The summed E-state index contributed by atoms with van der Waals surface area (Å²) in [4.78, 5) is 5.48. The maximum Gasteiger partial charge on any atom is 0.175 e. The minimum atomic E-state index is -0.594. The summed E-state index contributed by atoms with van der Waals surface area (Å²) < 4.78 is 25.9. The van der Waals surface area contributed by atoms with Crippen molar-refractivity contribution in [3.63, 3.8) is 0 Å². The maximum absolute atomic E-state index is 13.5. The second-order valence-electron chi connectivity index (χ2n) is 8.69. The van der Waals surface area contributed by atoms with E-state index in [-0.39, 0.29) is 12.4 Å². The topological polar surface area (TPSA) is 62.0 Å². The summed E-state index contributed by atoms with van der Waals surface area (Å²) in [6, 6.07) is 14.7. The summed E-state index contributed by atoms with van der Waals surface area (Å²) in [5.41, 5.74) is 2.07. The van der Waals surface area contributed by atoms with Gasteiger partial charge in [0, 0.05) is 53.8 Å². The Hall–Kier alpha value is -2.98. The molecular formula is C26H24FN3O3S2. The Morgan fingerprint density at radius 3 is 2.83 bits per heavy atom. The van der Waals surface area contributed by atoms with Gasteiger partial charge in [0.25, 0.3) is 0 Å². The summed E-state index contributed by atoms with van der Waals surface area (Å²) in [6.45, 7) is 4.22. The highest BCUT2D eigenvalue weighted by Crippen LogP contribution is 2.34. The van der Waals surface area contributed by atoms with Crippen molar-refractivity contribution in [1.29, 1.82) is 0 Å². The number of hydrogen-bond acceptors (Lipinski definition) is 8. The number of nitrogens with zero attached hydrogens (tertiary/aromatic N) is 3. The molecule has 1 aliphatic rings. The fourth-order valence-corrected chi connectivity index (χ4v) is 6.26. The largest absolute Gasteiger partial charge is 0.491 e. The van der Waals surface area contributed by atoms with Crippen molar-refractivity contribution in [3.05, 3.63) is 65.1 Å². The lowest BCUT2D eigenvalue weighted by molar-refractivity contribution is 0.0663. The van der Waals surface area contributed by atoms with Crippen LogP contribution in [0.1, 0.15) is 0 Å². The standard InChI is InChI=1S/C26H24FN3O3S2/c27-18-4-5-21-23(16-35-24(21)13-18)30-9-7-29(8-10-30)14-19(31)15-32-20-3-1-2-17(12-20)25-22-6-11-34-26(22)28-33-25/h1-6,11-13,16,19,31H,7-10,14-15H2/t19-/m1/s1. The Morgan fingerprint density at radius 1 is 1.06 bits per heavy atom. The Kier molecular flexibility index (Phi) is 6.15. The fraction of sp³-hybridized carbons (Fsp3) is 0.269. The Bertz CT molecular complexity index is 1450. The third-order valence-corrected chi connectivity index (χ3v) is 8.07. The summed E-state index contributed by atoms with van der Waals surface area (Å²) in [5, 5.41) is 20.9. The lowest BCUT2D eigenvalue weighted by Gasteiger charge is -2.36. The molecule has 0 amide bonds. The number of thiophene rings is 2. The zero-order valence-corrected chi connectivity index (χ0v) is 20.5. The normalized spacial score (nSPS) is 15.8. The number of fused-ring (bicyclic) bond motifs is 2. The Morgan fingerprint density at radius 2 is 1.94 bits per heavy atom. The molecule has 3 aromatic heterocycles. The average Bonchev–Trinajstić information content (AvgIpc) is 3.59. The first kappa shape index (κ1) is 22.5. The second kappa shape index (κ2) is 9.58. The van der Waals surface area contributed by atoms with Gasteiger partial charge in [0.05, 0.1) is 11.1 Å². The monoisotopic (exact) mass is 509 g/mol. The molecule has 35 heavy (non-hydrogen) atoms. The van der Waals surface area contributed by atoms with Crippen LogP contribution in [0.25, 0.3) is 31.6 Å². The average molecular weight is 510 g/mol. The van der Waals surface area contributed by atoms with Crippen LogP contribution in [0.2, 0.25) is 0 Å². The second-order valence-corrected chi connectivity index (χ2v) is 10.5. The van der Waals surface area contributed by atoms with Crippen LogP contribution in [0, 0.1) is 5.82 Å². The highest BCUT2D eigenvalue weighted by Gasteiger charge is 2.22. The van der Waals surface area contributed by atoms with Gasteiger partial charge < -0.3 is 19.3 Å². The molecule has 2 aromatic carbocycles. The first-order chi connectivity index (χ1) is 17.1. The highest BCUT2D eigenvalue weighted by molar-refractivity contribution is 7.17. The van der Waals surface area contributed by atoms with E-state index in [2.05, 4.69) is 20.3 Å². The quantitative estimate of drug-likeness (QED) is 0.314. The van der Waals surface area contributed by atoms with Crippen LogP contribution in [0.4, 0.5) is 10.1 Å². The van der Waals surface area contributed by atoms with Gasteiger partial charge in [0.1, 0.15) is 24.3 Å². The fourth-order valence-electron chi connectivity index (χ4n) is 4.56. The number of β-amino-alcohol motifs (C(OH)–C–C–N with tert-alkyl or cyclic N) is 1. The van der Waals surface area contributed by atoms with E-state index < -0.39 is 6.10 Å². The van der Waals surface area contributed by atoms with Gasteiger partial charge in [-0.1, -0.05) is 17.3 Å². The van der Waals surface area contributed by atoms with Crippen LogP contribution < -0.4 is 9.64 Å². The molecule has 0 aliphatic carbocycles. The van der Waals surface area contributed by atoms with E-state index in [0.29, 0.717) is 12.3 Å². The molecule has 0 spiro atoms. The third-order valence-electron chi connectivity index (χ3n) is 6.35. The maximum atomic E-state index is 13.5. The molecule has 5 aromatic rings. The first-order valence-corrected chi connectivity index (χ1v) is 13.3. The molecule has 6 rings (SSSR count).